The van der Waals surface area contributed by atoms with Crippen molar-refractivity contribution in [2.75, 3.05) is 0 Å². The summed E-state index contributed by atoms with van der Waals surface area (Å²) in [5.74, 6) is -0.301. The fourth-order valence-corrected chi connectivity index (χ4v) is 5.27. The number of para-hydroxylation sites is 1. The monoisotopic (exact) mass is 445 g/mol. The van der Waals surface area contributed by atoms with Gasteiger partial charge in [-0.2, -0.15) is 4.72 Å². The minimum absolute atomic E-state index is 0.0736. The first-order valence-corrected chi connectivity index (χ1v) is 11.9. The minimum Gasteiger partial charge on any atom is -0.361 e. The lowest BCUT2D eigenvalue weighted by Gasteiger charge is -2.21. The zero-order valence-corrected chi connectivity index (χ0v) is 18.0. The number of halogens is 1. The Balaban J connectivity index is 1.60. The molecule has 0 bridgehead atoms. The maximum absolute atomic E-state index is 13.1. The predicted molar refractivity (Wildman–Crippen MR) is 118 cm³/mol. The standard InChI is InChI=1S/C22H24ClN3O3S/c23-16-9-11-18(12-10-16)30(28,29)26-21(22(27)25-17-5-1-2-6-17)13-15-14-24-20-8-4-3-7-19(15)20/h3-4,7-12,14,17,21,24,26H,1-2,5-6,13H2,(H,25,27)/t21-/m1/s1. The first kappa shape index (κ1) is 20.9. The summed E-state index contributed by atoms with van der Waals surface area (Å²) in [6, 6.07) is 12.8. The molecule has 2 aromatic carbocycles. The molecule has 1 aliphatic carbocycles. The third kappa shape index (κ3) is 4.69. The van der Waals surface area contributed by atoms with Gasteiger partial charge < -0.3 is 10.3 Å². The van der Waals surface area contributed by atoms with Crippen LogP contribution >= 0.6 is 11.6 Å². The number of hydrogen-bond donors (Lipinski definition) is 3. The van der Waals surface area contributed by atoms with Crippen LogP contribution in [0.3, 0.4) is 0 Å². The van der Waals surface area contributed by atoms with Crippen molar-refractivity contribution in [1.82, 2.24) is 15.0 Å². The molecule has 0 saturated heterocycles. The van der Waals surface area contributed by atoms with E-state index < -0.39 is 16.1 Å². The van der Waals surface area contributed by atoms with E-state index in [1.807, 2.05) is 30.5 Å². The molecular formula is C22H24ClN3O3S. The van der Waals surface area contributed by atoms with Gasteiger partial charge in [0.1, 0.15) is 6.04 Å². The highest BCUT2D eigenvalue weighted by molar-refractivity contribution is 7.89. The Morgan fingerprint density at radius 2 is 1.80 bits per heavy atom. The molecule has 6 nitrogen and oxygen atoms in total. The van der Waals surface area contributed by atoms with Gasteiger partial charge in [-0.15, -0.1) is 0 Å². The molecule has 1 aliphatic rings. The van der Waals surface area contributed by atoms with Crippen LogP contribution in [-0.2, 0) is 21.2 Å². The molecule has 1 atom stereocenters. The van der Waals surface area contributed by atoms with Crippen LogP contribution in [0.15, 0.2) is 59.6 Å². The molecule has 0 spiro atoms. The smallest absolute Gasteiger partial charge is 0.241 e. The molecule has 0 aliphatic heterocycles. The lowest BCUT2D eigenvalue weighted by atomic mass is 10.0. The summed E-state index contributed by atoms with van der Waals surface area (Å²) in [7, 11) is -3.89. The Morgan fingerprint density at radius 1 is 1.10 bits per heavy atom. The molecule has 3 N–H and O–H groups in total. The number of nitrogens with one attached hydrogen (secondary N) is 3. The van der Waals surface area contributed by atoms with Gasteiger partial charge in [0.15, 0.2) is 0 Å². The molecule has 1 saturated carbocycles. The number of sulfonamides is 1. The van der Waals surface area contributed by atoms with Crippen molar-refractivity contribution in [3.05, 3.63) is 65.3 Å². The lowest BCUT2D eigenvalue weighted by Crippen LogP contribution is -2.50. The Hall–Kier alpha value is -2.35. The summed E-state index contributed by atoms with van der Waals surface area (Å²) in [5, 5.41) is 4.45. The van der Waals surface area contributed by atoms with E-state index >= 15 is 0 Å². The van der Waals surface area contributed by atoms with Crippen molar-refractivity contribution < 1.29 is 13.2 Å². The zero-order chi connectivity index (χ0) is 21.1. The number of fused-ring (bicyclic) bond motifs is 1. The van der Waals surface area contributed by atoms with E-state index in [1.54, 1.807) is 0 Å². The third-order valence-corrected chi connectivity index (χ3v) is 7.28. The Kier molecular flexibility index (Phi) is 6.13. The number of rotatable bonds is 7. The second kappa shape index (κ2) is 8.79. The van der Waals surface area contributed by atoms with Gasteiger partial charge in [-0.1, -0.05) is 42.6 Å². The van der Waals surface area contributed by atoms with E-state index in [-0.39, 0.29) is 23.3 Å². The second-order valence-corrected chi connectivity index (χ2v) is 9.83. The fraction of sp³-hybridized carbons (Fsp3) is 0.318. The molecule has 3 aromatic rings. The van der Waals surface area contributed by atoms with Gasteiger partial charge >= 0.3 is 0 Å². The van der Waals surface area contributed by atoms with Crippen LogP contribution in [0.25, 0.3) is 10.9 Å². The van der Waals surface area contributed by atoms with Gasteiger partial charge in [-0.25, -0.2) is 8.42 Å². The molecule has 30 heavy (non-hydrogen) atoms. The predicted octanol–water partition coefficient (Wildman–Crippen LogP) is 3.77. The van der Waals surface area contributed by atoms with Crippen LogP contribution < -0.4 is 10.0 Å². The maximum Gasteiger partial charge on any atom is 0.241 e. The van der Waals surface area contributed by atoms with Gasteiger partial charge in [-0.05, 0) is 55.2 Å². The summed E-state index contributed by atoms with van der Waals surface area (Å²) in [4.78, 5) is 16.3. The topological polar surface area (TPSA) is 91.1 Å². The van der Waals surface area contributed by atoms with Crippen LogP contribution in [0.2, 0.25) is 5.02 Å². The molecule has 4 rings (SSSR count). The van der Waals surface area contributed by atoms with Crippen LogP contribution in [-0.4, -0.2) is 31.4 Å². The Morgan fingerprint density at radius 3 is 2.53 bits per heavy atom. The van der Waals surface area contributed by atoms with E-state index in [2.05, 4.69) is 15.0 Å². The van der Waals surface area contributed by atoms with E-state index in [1.165, 1.54) is 24.3 Å². The molecule has 1 aromatic heterocycles. The summed E-state index contributed by atoms with van der Waals surface area (Å²) in [6.07, 6.45) is 6.08. The summed E-state index contributed by atoms with van der Waals surface area (Å²) in [5.41, 5.74) is 1.83. The lowest BCUT2D eigenvalue weighted by molar-refractivity contribution is -0.123. The number of carbonyl (C=O) groups is 1. The number of aromatic nitrogens is 1. The first-order valence-electron chi connectivity index (χ1n) is 10.1. The number of H-pyrrole nitrogens is 1. The van der Waals surface area contributed by atoms with Crippen LogP contribution in [0.5, 0.6) is 0 Å². The summed E-state index contributed by atoms with van der Waals surface area (Å²) < 4.78 is 28.5. The molecule has 1 amide bonds. The number of hydrogen-bond acceptors (Lipinski definition) is 3. The quantitative estimate of drug-likeness (QED) is 0.517. The number of benzene rings is 2. The van der Waals surface area contributed by atoms with Crippen molar-refractivity contribution in [1.29, 1.82) is 0 Å². The third-order valence-electron chi connectivity index (χ3n) is 5.54. The van der Waals surface area contributed by atoms with Gasteiger partial charge in [0, 0.05) is 28.2 Å². The Bertz CT molecular complexity index is 1140. The SMILES string of the molecule is O=C(NC1CCCC1)[C@@H](Cc1c[nH]c2ccccc12)NS(=O)(=O)c1ccc(Cl)cc1. The van der Waals surface area contributed by atoms with Crippen LogP contribution in [0, 0.1) is 0 Å². The van der Waals surface area contributed by atoms with Gasteiger partial charge in [0.2, 0.25) is 15.9 Å². The highest BCUT2D eigenvalue weighted by atomic mass is 35.5. The Labute approximate surface area is 181 Å². The number of carbonyl (C=O) groups excluding carboxylic acids is 1. The van der Waals surface area contributed by atoms with Crippen LogP contribution in [0.1, 0.15) is 31.2 Å². The fourth-order valence-electron chi connectivity index (χ4n) is 3.95. The van der Waals surface area contributed by atoms with Gasteiger partial charge in [0.05, 0.1) is 4.90 Å². The second-order valence-electron chi connectivity index (χ2n) is 7.68. The highest BCUT2D eigenvalue weighted by Crippen LogP contribution is 2.22. The van der Waals surface area contributed by atoms with Crippen molar-refractivity contribution in [3.63, 3.8) is 0 Å². The normalized spacial score (nSPS) is 16.0. The molecule has 8 heteroatoms. The molecule has 0 unspecified atom stereocenters. The van der Waals surface area contributed by atoms with Gasteiger partial charge in [0.25, 0.3) is 0 Å². The van der Waals surface area contributed by atoms with E-state index in [9.17, 15) is 13.2 Å². The molecule has 1 heterocycles. The minimum atomic E-state index is -3.89. The first-order chi connectivity index (χ1) is 14.4. The van der Waals surface area contributed by atoms with Gasteiger partial charge in [-0.3, -0.25) is 4.79 Å². The molecule has 0 radical (unpaired) electrons. The number of aromatic amines is 1. The maximum atomic E-state index is 13.1. The zero-order valence-electron chi connectivity index (χ0n) is 16.4. The van der Waals surface area contributed by atoms with E-state index in [0.29, 0.717) is 5.02 Å². The average Bonchev–Trinajstić information content (AvgIpc) is 3.38. The van der Waals surface area contributed by atoms with Crippen molar-refractivity contribution >= 4 is 38.4 Å². The highest BCUT2D eigenvalue weighted by Gasteiger charge is 2.29. The van der Waals surface area contributed by atoms with Crippen molar-refractivity contribution in [2.24, 2.45) is 0 Å². The molecule has 158 valence electrons. The number of amides is 1. The van der Waals surface area contributed by atoms with Crippen molar-refractivity contribution in [3.8, 4) is 0 Å². The molecule has 1 fully saturated rings. The van der Waals surface area contributed by atoms with Crippen LogP contribution in [0.4, 0.5) is 0 Å². The average molecular weight is 446 g/mol. The summed E-state index contributed by atoms with van der Waals surface area (Å²) in [6.45, 7) is 0. The van der Waals surface area contributed by atoms with Crippen molar-refractivity contribution in [2.45, 2.75) is 49.1 Å². The summed E-state index contributed by atoms with van der Waals surface area (Å²) >= 11 is 5.88. The molecular weight excluding hydrogens is 422 g/mol. The van der Waals surface area contributed by atoms with E-state index in [0.717, 1.165) is 42.1 Å². The largest absolute Gasteiger partial charge is 0.361 e. The van der Waals surface area contributed by atoms with E-state index in [4.69, 9.17) is 11.6 Å².